The van der Waals surface area contributed by atoms with Crippen molar-refractivity contribution in [1.82, 2.24) is 4.57 Å². The summed E-state index contributed by atoms with van der Waals surface area (Å²) in [5.41, 5.74) is 2.28. The third kappa shape index (κ3) is 2.96. The van der Waals surface area contributed by atoms with Crippen molar-refractivity contribution in [3.05, 3.63) is 53.9 Å². The Balaban J connectivity index is 1.90. The summed E-state index contributed by atoms with van der Waals surface area (Å²) in [5, 5.41) is 0. The number of ether oxygens (including phenoxy) is 3. The molecule has 1 aliphatic heterocycles. The zero-order chi connectivity index (χ0) is 14.9. The van der Waals surface area contributed by atoms with Crippen LogP contribution in [0.5, 0.6) is 5.75 Å². The van der Waals surface area contributed by atoms with Crippen LogP contribution in [0.3, 0.4) is 0 Å². The van der Waals surface area contributed by atoms with E-state index in [1.807, 2.05) is 44.3 Å². The first kappa shape index (κ1) is 14.2. The molecule has 21 heavy (non-hydrogen) atoms. The first-order valence-corrected chi connectivity index (χ1v) is 7.18. The van der Waals surface area contributed by atoms with Crippen LogP contribution >= 0.6 is 0 Å². The van der Waals surface area contributed by atoms with Gasteiger partial charge in [0.15, 0.2) is 5.79 Å². The van der Waals surface area contributed by atoms with E-state index < -0.39 is 5.79 Å². The number of hydrogen-bond acceptors (Lipinski definition) is 3. The van der Waals surface area contributed by atoms with Crippen LogP contribution < -0.4 is 4.74 Å². The Hall–Kier alpha value is -1.78. The molecule has 112 valence electrons. The van der Waals surface area contributed by atoms with Crippen LogP contribution in [-0.4, -0.2) is 24.1 Å². The van der Waals surface area contributed by atoms with Gasteiger partial charge in [0.25, 0.3) is 0 Å². The van der Waals surface area contributed by atoms with Gasteiger partial charge in [-0.15, -0.1) is 0 Å². The molecule has 0 aliphatic carbocycles. The van der Waals surface area contributed by atoms with E-state index in [-0.39, 0.29) is 6.10 Å². The molecular weight excluding hydrogens is 266 g/mol. The molecule has 1 saturated heterocycles. The van der Waals surface area contributed by atoms with Gasteiger partial charge in [0.2, 0.25) is 0 Å². The van der Waals surface area contributed by atoms with E-state index in [0.717, 1.165) is 18.0 Å². The van der Waals surface area contributed by atoms with Crippen molar-refractivity contribution in [2.45, 2.75) is 32.3 Å². The predicted molar refractivity (Wildman–Crippen MR) is 80.4 cm³/mol. The van der Waals surface area contributed by atoms with Gasteiger partial charge in [-0.3, -0.25) is 0 Å². The van der Waals surface area contributed by atoms with E-state index in [4.69, 9.17) is 14.2 Å². The van der Waals surface area contributed by atoms with E-state index in [1.54, 1.807) is 7.11 Å². The fraction of sp³-hybridized carbons (Fsp3) is 0.412. The minimum atomic E-state index is -0.544. The molecule has 4 nitrogen and oxygen atoms in total. The van der Waals surface area contributed by atoms with Crippen molar-refractivity contribution in [2.75, 3.05) is 13.7 Å². The van der Waals surface area contributed by atoms with E-state index in [1.165, 1.54) is 5.56 Å². The molecule has 0 radical (unpaired) electrons. The summed E-state index contributed by atoms with van der Waals surface area (Å²) >= 11 is 0. The fourth-order valence-corrected chi connectivity index (χ4v) is 2.72. The molecule has 3 rings (SSSR count). The number of nitrogens with zero attached hydrogens (tertiary/aromatic N) is 1. The average molecular weight is 287 g/mol. The minimum absolute atomic E-state index is 0.103. The molecular formula is C17H21NO3. The van der Waals surface area contributed by atoms with Gasteiger partial charge < -0.3 is 18.8 Å². The molecule has 1 fully saturated rings. The van der Waals surface area contributed by atoms with Gasteiger partial charge >= 0.3 is 0 Å². The van der Waals surface area contributed by atoms with Crippen LogP contribution in [0, 0.1) is 0 Å². The quantitative estimate of drug-likeness (QED) is 0.864. The average Bonchev–Trinajstić information content (AvgIpc) is 3.02. The van der Waals surface area contributed by atoms with Gasteiger partial charge in [0, 0.05) is 12.7 Å². The molecule has 0 spiro atoms. The van der Waals surface area contributed by atoms with E-state index in [9.17, 15) is 0 Å². The highest BCUT2D eigenvalue weighted by molar-refractivity contribution is 5.33. The number of benzene rings is 1. The van der Waals surface area contributed by atoms with Crippen LogP contribution in [0.1, 0.15) is 31.2 Å². The zero-order valence-electron chi connectivity index (χ0n) is 12.7. The van der Waals surface area contributed by atoms with Crippen molar-refractivity contribution >= 4 is 0 Å². The lowest BCUT2D eigenvalue weighted by Crippen LogP contribution is -2.20. The molecule has 2 heterocycles. The van der Waals surface area contributed by atoms with Gasteiger partial charge in [-0.25, -0.2) is 0 Å². The van der Waals surface area contributed by atoms with Crippen LogP contribution in [0.25, 0.3) is 0 Å². The Morgan fingerprint density at radius 1 is 1.24 bits per heavy atom. The normalized spacial score (nSPS) is 20.6. The fourth-order valence-electron chi connectivity index (χ4n) is 2.72. The molecule has 0 unspecified atom stereocenters. The van der Waals surface area contributed by atoms with Crippen molar-refractivity contribution in [1.29, 1.82) is 0 Å². The smallest absolute Gasteiger partial charge is 0.163 e. The summed E-state index contributed by atoms with van der Waals surface area (Å²) in [7, 11) is 1.69. The van der Waals surface area contributed by atoms with Gasteiger partial charge in [0.05, 0.1) is 19.4 Å². The predicted octanol–water partition coefficient (Wildman–Crippen LogP) is 3.37. The summed E-state index contributed by atoms with van der Waals surface area (Å²) in [5.74, 6) is 0.301. The van der Waals surface area contributed by atoms with Gasteiger partial charge in [-0.2, -0.15) is 0 Å². The molecule has 1 atom stereocenters. The Morgan fingerprint density at radius 2 is 2.00 bits per heavy atom. The molecule has 1 aromatic carbocycles. The number of hydrogen-bond donors (Lipinski definition) is 0. The summed E-state index contributed by atoms with van der Waals surface area (Å²) in [6.45, 7) is 5.20. The molecule has 0 amide bonds. The van der Waals surface area contributed by atoms with Crippen molar-refractivity contribution in [3.63, 3.8) is 0 Å². The first-order chi connectivity index (χ1) is 10.1. The topological polar surface area (TPSA) is 32.6 Å². The Morgan fingerprint density at radius 3 is 2.62 bits per heavy atom. The first-order valence-electron chi connectivity index (χ1n) is 7.18. The Labute approximate surface area is 125 Å². The Bertz CT molecular complexity index is 604. The van der Waals surface area contributed by atoms with Crippen LogP contribution in [0.2, 0.25) is 0 Å². The van der Waals surface area contributed by atoms with Crippen LogP contribution in [0.15, 0.2) is 42.6 Å². The number of aromatic nitrogens is 1. The lowest BCUT2D eigenvalue weighted by molar-refractivity contribution is -0.139. The molecule has 1 aromatic heterocycles. The van der Waals surface area contributed by atoms with Gasteiger partial charge in [-0.1, -0.05) is 30.3 Å². The lowest BCUT2D eigenvalue weighted by atomic mass is 10.2. The molecule has 2 aromatic rings. The van der Waals surface area contributed by atoms with Crippen LogP contribution in [0.4, 0.5) is 0 Å². The highest BCUT2D eigenvalue weighted by Crippen LogP contribution is 2.37. The monoisotopic (exact) mass is 287 g/mol. The minimum Gasteiger partial charge on any atom is -0.495 e. The van der Waals surface area contributed by atoms with Crippen molar-refractivity contribution in [2.24, 2.45) is 0 Å². The number of rotatable bonds is 4. The second kappa shape index (κ2) is 5.54. The maximum absolute atomic E-state index is 5.99. The summed E-state index contributed by atoms with van der Waals surface area (Å²) in [6.07, 6.45) is 1.93. The van der Waals surface area contributed by atoms with Gasteiger partial charge in [0.1, 0.15) is 11.9 Å². The largest absolute Gasteiger partial charge is 0.495 e. The SMILES string of the molecule is COc1ccn(Cc2ccccc2)c1[C@H]1COC(C)(C)O1. The third-order valence-electron chi connectivity index (χ3n) is 3.70. The maximum atomic E-state index is 5.99. The second-order valence-electron chi connectivity index (χ2n) is 5.70. The second-order valence-corrected chi connectivity index (χ2v) is 5.70. The highest BCUT2D eigenvalue weighted by Gasteiger charge is 2.36. The summed E-state index contributed by atoms with van der Waals surface area (Å²) in [4.78, 5) is 0. The summed E-state index contributed by atoms with van der Waals surface area (Å²) in [6, 6.07) is 12.3. The zero-order valence-corrected chi connectivity index (χ0v) is 12.7. The maximum Gasteiger partial charge on any atom is 0.163 e. The van der Waals surface area contributed by atoms with Crippen LogP contribution in [-0.2, 0) is 16.0 Å². The van der Waals surface area contributed by atoms with Crippen molar-refractivity contribution in [3.8, 4) is 5.75 Å². The molecule has 0 bridgehead atoms. The standard InChI is InChI=1S/C17H21NO3/c1-17(2)20-12-15(21-17)16-14(19-3)9-10-18(16)11-13-7-5-4-6-8-13/h4-10,15H,11-12H2,1-3H3/t15-/m1/s1. The van der Waals surface area contributed by atoms with E-state index >= 15 is 0 Å². The van der Waals surface area contributed by atoms with E-state index in [2.05, 4.69) is 16.7 Å². The molecule has 0 saturated carbocycles. The van der Waals surface area contributed by atoms with Gasteiger partial charge in [-0.05, 0) is 25.5 Å². The highest BCUT2D eigenvalue weighted by atomic mass is 16.7. The third-order valence-corrected chi connectivity index (χ3v) is 3.70. The molecule has 0 N–H and O–H groups in total. The summed E-state index contributed by atoms with van der Waals surface area (Å²) < 4.78 is 19.3. The Kier molecular flexibility index (Phi) is 3.74. The number of methoxy groups -OCH3 is 1. The molecule has 4 heteroatoms. The molecule has 1 aliphatic rings. The van der Waals surface area contributed by atoms with E-state index in [0.29, 0.717) is 6.61 Å². The lowest BCUT2D eigenvalue weighted by Gasteiger charge is -2.19. The van der Waals surface area contributed by atoms with Crippen molar-refractivity contribution < 1.29 is 14.2 Å².